The molecule has 0 atom stereocenters. The first kappa shape index (κ1) is 18.1. The van der Waals surface area contributed by atoms with Gasteiger partial charge in [0.1, 0.15) is 17.4 Å². The summed E-state index contributed by atoms with van der Waals surface area (Å²) >= 11 is 6.14. The van der Waals surface area contributed by atoms with Gasteiger partial charge in [0.2, 0.25) is 0 Å². The summed E-state index contributed by atoms with van der Waals surface area (Å²) in [5, 5.41) is 14.1. The number of hydrogen-bond acceptors (Lipinski definition) is 5. The van der Waals surface area contributed by atoms with Crippen LogP contribution in [0.3, 0.4) is 0 Å². The molecule has 0 saturated heterocycles. The van der Waals surface area contributed by atoms with Crippen LogP contribution < -0.4 is 5.32 Å². The summed E-state index contributed by atoms with van der Waals surface area (Å²) in [4.78, 5) is 25.8. The Morgan fingerprint density at radius 1 is 1.28 bits per heavy atom. The number of nitrogens with one attached hydrogen (secondary N) is 1. The van der Waals surface area contributed by atoms with Crippen molar-refractivity contribution in [2.75, 3.05) is 0 Å². The second-order valence-electron chi connectivity index (χ2n) is 8.12. The fourth-order valence-corrected chi connectivity index (χ4v) is 3.88. The van der Waals surface area contributed by atoms with Crippen LogP contribution >= 0.6 is 11.6 Å². The highest BCUT2D eigenvalue weighted by atomic mass is 35.5. The number of aromatic nitrogens is 4. The van der Waals surface area contributed by atoms with Gasteiger partial charge in [-0.25, -0.2) is 15.0 Å². The monoisotopic (exact) mass is 406 g/mol. The third-order valence-electron chi connectivity index (χ3n) is 5.90. The van der Waals surface area contributed by atoms with Crippen LogP contribution in [0.25, 0.3) is 22.6 Å². The normalized spacial score (nSPS) is 17.6. The van der Waals surface area contributed by atoms with Crippen molar-refractivity contribution in [3.8, 4) is 17.6 Å². The molecule has 3 aromatic rings. The molecule has 0 bridgehead atoms. The first-order valence-corrected chi connectivity index (χ1v) is 10.1. The van der Waals surface area contributed by atoms with Gasteiger partial charge in [-0.3, -0.25) is 4.79 Å². The number of nitriles is 1. The summed E-state index contributed by atoms with van der Waals surface area (Å²) in [5.41, 5.74) is 2.13. The number of hydrogen-bond donors (Lipinski definition) is 1. The molecule has 1 amide bonds. The van der Waals surface area contributed by atoms with Crippen LogP contribution in [-0.4, -0.2) is 31.0 Å². The first-order chi connectivity index (χ1) is 14.0. The van der Waals surface area contributed by atoms with E-state index in [0.29, 0.717) is 33.1 Å². The zero-order valence-corrected chi connectivity index (χ0v) is 16.7. The minimum absolute atomic E-state index is 0.106. The van der Waals surface area contributed by atoms with E-state index in [4.69, 9.17) is 11.6 Å². The minimum atomic E-state index is -0.176. The Balaban J connectivity index is 1.60. The Kier molecular flexibility index (Phi) is 4.07. The lowest BCUT2D eigenvalue weighted by Gasteiger charge is -2.29. The van der Waals surface area contributed by atoms with E-state index in [9.17, 15) is 10.1 Å². The number of rotatable bonds is 4. The molecule has 3 aromatic heterocycles. The fraction of sp³-hybridized carbons (Fsp3) is 0.381. The molecule has 8 heteroatoms. The number of pyridine rings is 1. The van der Waals surface area contributed by atoms with Gasteiger partial charge in [-0.05, 0) is 45.1 Å². The molecular weight excluding hydrogens is 388 g/mol. The standard InChI is InChI=1S/C21H19ClN6O/c1-21(5-6-21)27-20(29)12-9-24-18(25-10-12)17-16(8-23)15-7-13(22)11-26-19(15)28(17)14-3-2-4-14/h7,9-11,14H,2-6H2,1H3,(H,27,29). The quantitative estimate of drug-likeness (QED) is 0.705. The Bertz CT molecular complexity index is 1170. The maximum absolute atomic E-state index is 12.4. The highest BCUT2D eigenvalue weighted by molar-refractivity contribution is 6.31. The van der Waals surface area contributed by atoms with Crippen molar-refractivity contribution in [2.45, 2.75) is 50.6 Å². The van der Waals surface area contributed by atoms with Gasteiger partial charge >= 0.3 is 0 Å². The van der Waals surface area contributed by atoms with Gasteiger partial charge in [-0.2, -0.15) is 5.26 Å². The number of fused-ring (bicyclic) bond motifs is 1. The Morgan fingerprint density at radius 3 is 2.59 bits per heavy atom. The summed E-state index contributed by atoms with van der Waals surface area (Å²) in [6.07, 6.45) is 9.78. The zero-order valence-electron chi connectivity index (χ0n) is 15.9. The van der Waals surface area contributed by atoms with Gasteiger partial charge in [-0.15, -0.1) is 0 Å². The van der Waals surface area contributed by atoms with Crippen molar-refractivity contribution < 1.29 is 4.79 Å². The molecule has 2 aliphatic carbocycles. The third-order valence-corrected chi connectivity index (χ3v) is 6.11. The van der Waals surface area contributed by atoms with Crippen LogP contribution in [0.1, 0.15) is 61.0 Å². The van der Waals surface area contributed by atoms with E-state index in [1.165, 1.54) is 12.4 Å². The number of nitrogens with zero attached hydrogens (tertiary/aromatic N) is 5. The van der Waals surface area contributed by atoms with Crippen molar-refractivity contribution in [1.82, 2.24) is 24.8 Å². The largest absolute Gasteiger partial charge is 0.347 e. The van der Waals surface area contributed by atoms with Crippen LogP contribution in [-0.2, 0) is 0 Å². The van der Waals surface area contributed by atoms with Gasteiger partial charge < -0.3 is 9.88 Å². The lowest BCUT2D eigenvalue weighted by atomic mass is 9.92. The third kappa shape index (κ3) is 3.04. The van der Waals surface area contributed by atoms with Crippen LogP contribution in [0.15, 0.2) is 24.7 Å². The summed E-state index contributed by atoms with van der Waals surface area (Å²) in [7, 11) is 0. The van der Waals surface area contributed by atoms with Crippen molar-refractivity contribution in [3.63, 3.8) is 0 Å². The number of carbonyl (C=O) groups is 1. The van der Waals surface area contributed by atoms with E-state index in [0.717, 1.165) is 37.8 Å². The fourth-order valence-electron chi connectivity index (χ4n) is 3.72. The molecule has 2 aliphatic rings. The molecular formula is C21H19ClN6O. The predicted molar refractivity (Wildman–Crippen MR) is 108 cm³/mol. The van der Waals surface area contributed by atoms with E-state index in [1.807, 2.05) is 6.92 Å². The summed E-state index contributed by atoms with van der Waals surface area (Å²) in [6.45, 7) is 2.02. The van der Waals surface area contributed by atoms with Crippen molar-refractivity contribution >= 4 is 28.5 Å². The second-order valence-corrected chi connectivity index (χ2v) is 8.56. The van der Waals surface area contributed by atoms with Crippen LogP contribution in [0.5, 0.6) is 0 Å². The maximum atomic E-state index is 12.4. The van der Waals surface area contributed by atoms with E-state index >= 15 is 0 Å². The van der Waals surface area contributed by atoms with Crippen LogP contribution in [0.4, 0.5) is 0 Å². The Labute approximate surface area is 172 Å². The van der Waals surface area contributed by atoms with Crippen molar-refractivity contribution in [1.29, 1.82) is 5.26 Å². The average molecular weight is 407 g/mol. The highest BCUT2D eigenvalue weighted by Gasteiger charge is 2.39. The van der Waals surface area contributed by atoms with Gasteiger partial charge in [-0.1, -0.05) is 11.6 Å². The molecule has 2 fully saturated rings. The van der Waals surface area contributed by atoms with E-state index in [-0.39, 0.29) is 17.5 Å². The summed E-state index contributed by atoms with van der Waals surface area (Å²) < 4.78 is 2.06. The molecule has 1 N–H and O–H groups in total. The van der Waals surface area contributed by atoms with Gasteiger partial charge in [0, 0.05) is 35.6 Å². The maximum Gasteiger partial charge on any atom is 0.254 e. The lowest BCUT2D eigenvalue weighted by molar-refractivity contribution is 0.0934. The molecule has 146 valence electrons. The SMILES string of the molecule is CC1(NC(=O)c2cnc(-c3c(C#N)c4cc(Cl)cnc4n3C3CCC3)nc2)CC1. The molecule has 0 aliphatic heterocycles. The molecule has 0 spiro atoms. The van der Waals surface area contributed by atoms with Gasteiger partial charge in [0.15, 0.2) is 5.82 Å². The first-order valence-electron chi connectivity index (χ1n) is 9.73. The topological polar surface area (TPSA) is 96.5 Å². The van der Waals surface area contributed by atoms with Crippen molar-refractivity contribution in [3.05, 3.63) is 40.8 Å². The molecule has 5 rings (SSSR count). The average Bonchev–Trinajstić information content (AvgIpc) is 3.31. The van der Waals surface area contributed by atoms with Crippen LogP contribution in [0, 0.1) is 11.3 Å². The smallest absolute Gasteiger partial charge is 0.254 e. The number of carbonyl (C=O) groups excluding carboxylic acids is 1. The molecule has 29 heavy (non-hydrogen) atoms. The van der Waals surface area contributed by atoms with Gasteiger partial charge in [0.25, 0.3) is 5.91 Å². The molecule has 2 saturated carbocycles. The minimum Gasteiger partial charge on any atom is -0.347 e. The van der Waals surface area contributed by atoms with E-state index < -0.39 is 0 Å². The molecule has 0 aromatic carbocycles. The van der Waals surface area contributed by atoms with Crippen molar-refractivity contribution in [2.24, 2.45) is 0 Å². The van der Waals surface area contributed by atoms with Gasteiger partial charge in [0.05, 0.1) is 16.1 Å². The Hall–Kier alpha value is -2.98. The predicted octanol–water partition coefficient (Wildman–Crippen LogP) is 4.03. The number of halogens is 1. The summed E-state index contributed by atoms with van der Waals surface area (Å²) in [5.74, 6) is 0.238. The van der Waals surface area contributed by atoms with Crippen LogP contribution in [0.2, 0.25) is 5.02 Å². The molecule has 0 radical (unpaired) electrons. The molecule has 7 nitrogen and oxygen atoms in total. The number of amides is 1. The summed E-state index contributed by atoms with van der Waals surface area (Å²) in [6, 6.07) is 4.30. The molecule has 0 unspecified atom stereocenters. The van der Waals surface area contributed by atoms with E-state index in [2.05, 4.69) is 30.9 Å². The Morgan fingerprint density at radius 2 is 2.00 bits per heavy atom. The second kappa shape index (κ2) is 6.53. The van der Waals surface area contributed by atoms with E-state index in [1.54, 1.807) is 12.3 Å². The highest BCUT2D eigenvalue weighted by Crippen LogP contribution is 2.41. The lowest BCUT2D eigenvalue weighted by Crippen LogP contribution is -2.34. The molecule has 3 heterocycles. The zero-order chi connectivity index (χ0) is 20.2.